The number of carbonyl (C=O) groups is 2. The van der Waals surface area contributed by atoms with Gasteiger partial charge in [-0.2, -0.15) is 0 Å². The van der Waals surface area contributed by atoms with Crippen molar-refractivity contribution < 1.29 is 9.59 Å². The van der Waals surface area contributed by atoms with Crippen LogP contribution < -0.4 is 5.32 Å². The Morgan fingerprint density at radius 2 is 2.07 bits per heavy atom. The van der Waals surface area contributed by atoms with E-state index in [1.807, 2.05) is 12.1 Å². The number of rotatable bonds is 2. The number of thioether (sulfide) groups is 1. The standard InChI is InChI=1S/C10H8NO2S/c12-9-8(14-10(13)11-9)6-7-4-2-1-3-5-7/h2-5,8H,6H2,(H,11,12,13). The summed E-state index contributed by atoms with van der Waals surface area (Å²) in [7, 11) is 0. The molecule has 1 atom stereocenters. The van der Waals surface area contributed by atoms with E-state index >= 15 is 0 Å². The number of carbonyl (C=O) groups excluding carboxylic acids is 2. The van der Waals surface area contributed by atoms with Crippen LogP contribution in [0.1, 0.15) is 5.56 Å². The molecule has 1 saturated heterocycles. The van der Waals surface area contributed by atoms with Gasteiger partial charge in [0.15, 0.2) is 0 Å². The van der Waals surface area contributed by atoms with Crippen LogP contribution in [0.2, 0.25) is 0 Å². The van der Waals surface area contributed by atoms with Gasteiger partial charge in [-0.3, -0.25) is 14.9 Å². The van der Waals surface area contributed by atoms with Gasteiger partial charge in [0.05, 0.1) is 5.25 Å². The lowest BCUT2D eigenvalue weighted by Gasteiger charge is -2.03. The van der Waals surface area contributed by atoms with Crippen LogP contribution >= 0.6 is 11.8 Å². The zero-order valence-corrected chi connectivity index (χ0v) is 8.14. The summed E-state index contributed by atoms with van der Waals surface area (Å²) in [4.78, 5) is 22.1. The molecule has 0 aromatic heterocycles. The van der Waals surface area contributed by atoms with Crippen molar-refractivity contribution in [3.05, 3.63) is 35.9 Å². The van der Waals surface area contributed by atoms with Gasteiger partial charge in [-0.25, -0.2) is 0 Å². The van der Waals surface area contributed by atoms with E-state index in [0.29, 0.717) is 6.42 Å². The van der Waals surface area contributed by atoms with Crippen molar-refractivity contribution in [2.24, 2.45) is 0 Å². The molecule has 0 spiro atoms. The van der Waals surface area contributed by atoms with Crippen LogP contribution in [0.25, 0.3) is 0 Å². The molecule has 2 amide bonds. The predicted molar refractivity (Wildman–Crippen MR) is 53.9 cm³/mol. The van der Waals surface area contributed by atoms with Gasteiger partial charge in [0.2, 0.25) is 5.91 Å². The number of imide groups is 1. The summed E-state index contributed by atoms with van der Waals surface area (Å²) in [5.74, 6) is -0.187. The molecule has 1 heterocycles. The highest BCUT2D eigenvalue weighted by atomic mass is 32.2. The van der Waals surface area contributed by atoms with E-state index < -0.39 is 0 Å². The first-order valence-corrected chi connectivity index (χ1v) is 5.10. The second-order valence-electron chi connectivity index (χ2n) is 3.00. The van der Waals surface area contributed by atoms with Crippen molar-refractivity contribution in [3.63, 3.8) is 0 Å². The molecular formula is C10H8NO2S. The summed E-state index contributed by atoms with van der Waals surface area (Å²) in [5, 5.41) is 1.74. The molecule has 4 heteroatoms. The average molecular weight is 206 g/mol. The quantitative estimate of drug-likeness (QED) is 0.795. The molecule has 1 aromatic rings. The molecule has 0 saturated carbocycles. The number of nitrogens with one attached hydrogen (secondary N) is 1. The van der Waals surface area contributed by atoms with Crippen molar-refractivity contribution in [1.29, 1.82) is 0 Å². The smallest absolute Gasteiger partial charge is 0.286 e. The first-order valence-electron chi connectivity index (χ1n) is 4.22. The van der Waals surface area contributed by atoms with Gasteiger partial charge in [-0.1, -0.05) is 36.0 Å². The molecule has 1 fully saturated rings. The van der Waals surface area contributed by atoms with Crippen LogP contribution in [0.4, 0.5) is 4.79 Å². The van der Waals surface area contributed by atoms with Crippen LogP contribution in [0.3, 0.4) is 0 Å². The van der Waals surface area contributed by atoms with Crippen molar-refractivity contribution in [2.75, 3.05) is 0 Å². The van der Waals surface area contributed by atoms with Gasteiger partial charge >= 0.3 is 0 Å². The molecule has 1 N–H and O–H groups in total. The SMILES string of the molecule is O=C1NC(=O)C(Cc2cc[c]cc2)S1. The highest BCUT2D eigenvalue weighted by molar-refractivity contribution is 8.15. The van der Waals surface area contributed by atoms with E-state index in [4.69, 9.17) is 0 Å². The summed E-state index contributed by atoms with van der Waals surface area (Å²) < 4.78 is 0. The summed E-state index contributed by atoms with van der Waals surface area (Å²) >= 11 is 1.06. The topological polar surface area (TPSA) is 46.2 Å². The fourth-order valence-electron chi connectivity index (χ4n) is 1.30. The minimum atomic E-state index is -0.273. The third kappa shape index (κ3) is 1.96. The lowest BCUT2D eigenvalue weighted by molar-refractivity contribution is -0.118. The van der Waals surface area contributed by atoms with Crippen LogP contribution in [0, 0.1) is 6.07 Å². The Balaban J connectivity index is 2.05. The molecule has 3 nitrogen and oxygen atoms in total. The Bertz CT molecular complexity index is 364. The van der Waals surface area contributed by atoms with E-state index in [-0.39, 0.29) is 16.4 Å². The number of hydrogen-bond donors (Lipinski definition) is 1. The second kappa shape index (κ2) is 3.84. The van der Waals surface area contributed by atoms with E-state index in [2.05, 4.69) is 11.4 Å². The molecule has 0 aliphatic carbocycles. The number of benzene rings is 1. The number of hydrogen-bond acceptors (Lipinski definition) is 3. The fourth-order valence-corrected chi connectivity index (χ4v) is 2.16. The van der Waals surface area contributed by atoms with Crippen LogP contribution in [-0.4, -0.2) is 16.4 Å². The molecule has 1 unspecified atom stereocenters. The summed E-state index contributed by atoms with van der Waals surface area (Å²) in [6, 6.07) is 10.3. The lowest BCUT2D eigenvalue weighted by atomic mass is 10.1. The van der Waals surface area contributed by atoms with Gasteiger partial charge in [-0.05, 0) is 18.1 Å². The van der Waals surface area contributed by atoms with Crippen molar-refractivity contribution >= 4 is 22.9 Å². The van der Waals surface area contributed by atoms with Gasteiger partial charge in [0.1, 0.15) is 0 Å². The maximum Gasteiger partial charge on any atom is 0.286 e. The summed E-state index contributed by atoms with van der Waals surface area (Å²) in [6.45, 7) is 0. The Labute approximate surface area is 85.9 Å². The maximum atomic E-state index is 11.2. The van der Waals surface area contributed by atoms with E-state index in [9.17, 15) is 9.59 Å². The summed E-state index contributed by atoms with van der Waals surface area (Å²) in [5.41, 5.74) is 1.05. The van der Waals surface area contributed by atoms with Gasteiger partial charge in [0.25, 0.3) is 5.24 Å². The Morgan fingerprint density at radius 1 is 1.36 bits per heavy atom. The zero-order chi connectivity index (χ0) is 9.97. The summed E-state index contributed by atoms with van der Waals surface area (Å²) in [6.07, 6.45) is 0.594. The Hall–Kier alpha value is -1.29. The monoisotopic (exact) mass is 206 g/mol. The van der Waals surface area contributed by atoms with Crippen molar-refractivity contribution in [3.8, 4) is 0 Å². The third-order valence-corrected chi connectivity index (χ3v) is 2.96. The lowest BCUT2D eigenvalue weighted by Crippen LogP contribution is -2.25. The third-order valence-electron chi connectivity index (χ3n) is 1.98. The van der Waals surface area contributed by atoms with Crippen LogP contribution in [0.5, 0.6) is 0 Å². The van der Waals surface area contributed by atoms with Gasteiger partial charge in [-0.15, -0.1) is 0 Å². The average Bonchev–Trinajstić information content (AvgIpc) is 2.47. The normalized spacial score (nSPS) is 21.0. The molecule has 1 aliphatic heterocycles. The van der Waals surface area contributed by atoms with Crippen LogP contribution in [-0.2, 0) is 11.2 Å². The van der Waals surface area contributed by atoms with Gasteiger partial charge in [0, 0.05) is 0 Å². The molecule has 0 bridgehead atoms. The zero-order valence-electron chi connectivity index (χ0n) is 7.32. The highest BCUT2D eigenvalue weighted by Gasteiger charge is 2.31. The van der Waals surface area contributed by atoms with E-state index in [0.717, 1.165) is 17.3 Å². The predicted octanol–water partition coefficient (Wildman–Crippen LogP) is 1.38. The van der Waals surface area contributed by atoms with E-state index in [1.54, 1.807) is 12.1 Å². The first kappa shape index (κ1) is 9.27. The molecule has 1 aromatic carbocycles. The Kier molecular flexibility index (Phi) is 2.54. The van der Waals surface area contributed by atoms with Crippen LogP contribution in [0.15, 0.2) is 24.3 Å². The maximum absolute atomic E-state index is 11.2. The minimum Gasteiger partial charge on any atom is -0.286 e. The minimum absolute atomic E-state index is 0.187. The van der Waals surface area contributed by atoms with E-state index in [1.165, 1.54) is 0 Å². The highest BCUT2D eigenvalue weighted by Crippen LogP contribution is 2.22. The van der Waals surface area contributed by atoms with Gasteiger partial charge < -0.3 is 0 Å². The fraction of sp³-hybridized carbons (Fsp3) is 0.200. The Morgan fingerprint density at radius 3 is 2.64 bits per heavy atom. The van der Waals surface area contributed by atoms with Crippen molar-refractivity contribution in [1.82, 2.24) is 5.32 Å². The largest absolute Gasteiger partial charge is 0.286 e. The van der Waals surface area contributed by atoms with Crippen molar-refractivity contribution in [2.45, 2.75) is 11.7 Å². The molecule has 1 aliphatic rings. The number of amides is 2. The second-order valence-corrected chi connectivity index (χ2v) is 4.17. The molecule has 1 radical (unpaired) electrons. The molecule has 2 rings (SSSR count). The molecular weight excluding hydrogens is 198 g/mol. The first-order chi connectivity index (χ1) is 6.75. The molecule has 71 valence electrons. The molecule has 14 heavy (non-hydrogen) atoms.